The van der Waals surface area contributed by atoms with E-state index in [-0.39, 0.29) is 5.91 Å². The number of amides is 1. The Kier molecular flexibility index (Phi) is 6.49. The number of pyridine rings is 1. The number of carbonyl (C=O) groups is 1. The first-order chi connectivity index (χ1) is 16.9. The first-order valence-corrected chi connectivity index (χ1v) is 13.4. The Morgan fingerprint density at radius 3 is 2.40 bits per heavy atom. The second-order valence-corrected chi connectivity index (χ2v) is 10.9. The number of aryl methyl sites for hydroxylation is 1. The van der Waals surface area contributed by atoms with Gasteiger partial charge < -0.3 is 4.90 Å². The zero-order valence-corrected chi connectivity index (χ0v) is 20.5. The van der Waals surface area contributed by atoms with Gasteiger partial charge in [-0.2, -0.15) is 9.30 Å². The first-order valence-electron chi connectivity index (χ1n) is 11.9. The molecule has 3 aromatic rings. The van der Waals surface area contributed by atoms with E-state index in [4.69, 9.17) is 0 Å². The highest BCUT2D eigenvalue weighted by Gasteiger charge is 2.31. The Hall–Kier alpha value is -3.36. The number of aromatic nitrogens is 1. The van der Waals surface area contributed by atoms with Crippen molar-refractivity contribution < 1.29 is 13.2 Å². The van der Waals surface area contributed by atoms with Gasteiger partial charge in [-0.15, -0.1) is 0 Å². The highest BCUT2D eigenvalue weighted by Crippen LogP contribution is 2.33. The molecule has 1 amide bonds. The maximum absolute atomic E-state index is 13.6. The summed E-state index contributed by atoms with van der Waals surface area (Å²) in [5.74, 6) is 0.151. The number of hydrogen-bond acceptors (Lipinski definition) is 4. The number of nitrogens with zero attached hydrogens (tertiary/aromatic N) is 4. The van der Waals surface area contributed by atoms with Crippen LogP contribution in [0.15, 0.2) is 76.9 Å². The number of carbonyl (C=O) groups excluding carboxylic acids is 1. The Balaban J connectivity index is 1.56. The number of hydrogen-bond donors (Lipinski definition) is 0. The van der Waals surface area contributed by atoms with Gasteiger partial charge >= 0.3 is 0 Å². The van der Waals surface area contributed by atoms with Gasteiger partial charge in [-0.3, -0.25) is 9.78 Å². The van der Waals surface area contributed by atoms with Crippen LogP contribution < -0.4 is 4.90 Å². The number of fused-ring (bicyclic) bond motifs is 1. The number of rotatable bonds is 4. The molecule has 2 aliphatic heterocycles. The Labute approximate surface area is 206 Å². The molecule has 3 heterocycles. The molecule has 0 bridgehead atoms. The van der Waals surface area contributed by atoms with Crippen molar-refractivity contribution >= 4 is 27.5 Å². The van der Waals surface area contributed by atoms with Crippen LogP contribution in [0.25, 0.3) is 0 Å². The van der Waals surface area contributed by atoms with Crippen LogP contribution in [0.1, 0.15) is 52.7 Å². The van der Waals surface area contributed by atoms with Gasteiger partial charge in [0.1, 0.15) is 5.84 Å². The van der Waals surface area contributed by atoms with E-state index in [0.717, 1.165) is 36.8 Å². The van der Waals surface area contributed by atoms with Gasteiger partial charge in [-0.1, -0.05) is 43.2 Å². The SMILES string of the molecule is Cc1ccc(N2Cc3ccccc3C2=NC(=O)c2ccncc2)cc1S(=O)(=O)N1CCCCCC1. The molecule has 0 saturated carbocycles. The van der Waals surface area contributed by atoms with E-state index >= 15 is 0 Å². The summed E-state index contributed by atoms with van der Waals surface area (Å²) in [6.07, 6.45) is 7.01. The van der Waals surface area contributed by atoms with Crippen molar-refractivity contribution in [2.75, 3.05) is 18.0 Å². The van der Waals surface area contributed by atoms with Gasteiger partial charge in [0.15, 0.2) is 0 Å². The molecule has 0 N–H and O–H groups in total. The molecule has 1 aromatic heterocycles. The minimum Gasteiger partial charge on any atom is -0.321 e. The molecule has 0 aliphatic carbocycles. The molecule has 5 rings (SSSR count). The van der Waals surface area contributed by atoms with E-state index in [1.165, 1.54) is 0 Å². The fourth-order valence-corrected chi connectivity index (χ4v) is 6.47. The minimum absolute atomic E-state index is 0.313. The van der Waals surface area contributed by atoms with Crippen LogP contribution in [0, 0.1) is 6.92 Å². The van der Waals surface area contributed by atoms with E-state index in [1.54, 1.807) is 34.9 Å². The maximum Gasteiger partial charge on any atom is 0.279 e. The zero-order chi connectivity index (χ0) is 24.4. The van der Waals surface area contributed by atoms with E-state index < -0.39 is 10.0 Å². The molecule has 0 spiro atoms. The van der Waals surface area contributed by atoms with Crippen molar-refractivity contribution in [3.63, 3.8) is 0 Å². The summed E-state index contributed by atoms with van der Waals surface area (Å²) in [5.41, 5.74) is 3.76. The number of aliphatic imine (C=N–C) groups is 1. The Bertz CT molecular complexity index is 1380. The molecule has 8 heteroatoms. The second-order valence-electron chi connectivity index (χ2n) is 8.99. The van der Waals surface area contributed by atoms with Crippen LogP contribution in [-0.2, 0) is 16.6 Å². The molecule has 0 atom stereocenters. The topological polar surface area (TPSA) is 82.9 Å². The molecular weight excluding hydrogens is 460 g/mol. The van der Waals surface area contributed by atoms with Gasteiger partial charge in [0, 0.05) is 42.3 Å². The van der Waals surface area contributed by atoms with Crippen molar-refractivity contribution in [1.29, 1.82) is 0 Å². The third kappa shape index (κ3) is 4.63. The van der Waals surface area contributed by atoms with E-state index in [2.05, 4.69) is 9.98 Å². The number of sulfonamides is 1. The summed E-state index contributed by atoms with van der Waals surface area (Å²) in [7, 11) is -3.63. The standard InChI is InChI=1S/C27H28N4O3S/c1-20-10-11-23(18-25(20)35(33,34)30-16-6-2-3-7-17-30)31-19-22-8-4-5-9-24(22)26(31)29-27(32)21-12-14-28-15-13-21/h4-5,8-15,18H,2-3,6-7,16-17,19H2,1H3. The maximum atomic E-state index is 13.6. The average Bonchev–Trinajstić information content (AvgIpc) is 3.03. The summed E-state index contributed by atoms with van der Waals surface area (Å²) in [6, 6.07) is 16.6. The summed E-state index contributed by atoms with van der Waals surface area (Å²) in [4.78, 5) is 23.6. The predicted octanol–water partition coefficient (Wildman–Crippen LogP) is 4.56. The van der Waals surface area contributed by atoms with Gasteiger partial charge in [0.2, 0.25) is 10.0 Å². The largest absolute Gasteiger partial charge is 0.321 e. The van der Waals surface area contributed by atoms with E-state index in [1.807, 2.05) is 48.2 Å². The van der Waals surface area contributed by atoms with Crippen molar-refractivity contribution in [3.8, 4) is 0 Å². The molecule has 7 nitrogen and oxygen atoms in total. The van der Waals surface area contributed by atoms with Crippen molar-refractivity contribution in [3.05, 3.63) is 89.2 Å². The van der Waals surface area contributed by atoms with Crippen LogP contribution in [0.3, 0.4) is 0 Å². The second kappa shape index (κ2) is 9.71. The lowest BCUT2D eigenvalue weighted by atomic mass is 10.1. The average molecular weight is 489 g/mol. The molecular formula is C27H28N4O3S. The summed E-state index contributed by atoms with van der Waals surface area (Å²) in [5, 5.41) is 0. The minimum atomic E-state index is -3.63. The van der Waals surface area contributed by atoms with Crippen LogP contribution in [-0.4, -0.2) is 42.5 Å². The van der Waals surface area contributed by atoms with E-state index in [9.17, 15) is 13.2 Å². The molecule has 0 unspecified atom stereocenters. The Morgan fingerprint density at radius 1 is 0.943 bits per heavy atom. The molecule has 2 aliphatic rings. The Morgan fingerprint density at radius 2 is 1.66 bits per heavy atom. The van der Waals surface area contributed by atoms with Crippen molar-refractivity contribution in [1.82, 2.24) is 9.29 Å². The lowest BCUT2D eigenvalue weighted by Crippen LogP contribution is -2.32. The monoisotopic (exact) mass is 488 g/mol. The molecule has 2 aromatic carbocycles. The highest BCUT2D eigenvalue weighted by molar-refractivity contribution is 7.89. The van der Waals surface area contributed by atoms with Gasteiger partial charge in [-0.25, -0.2) is 8.42 Å². The lowest BCUT2D eigenvalue weighted by molar-refractivity contribution is 0.100. The predicted molar refractivity (Wildman–Crippen MR) is 136 cm³/mol. The van der Waals surface area contributed by atoms with Crippen LogP contribution in [0.5, 0.6) is 0 Å². The smallest absolute Gasteiger partial charge is 0.279 e. The normalized spacial score (nSPS) is 17.9. The lowest BCUT2D eigenvalue weighted by Gasteiger charge is -2.24. The van der Waals surface area contributed by atoms with Crippen LogP contribution >= 0.6 is 0 Å². The number of benzene rings is 2. The quantitative estimate of drug-likeness (QED) is 0.538. The van der Waals surface area contributed by atoms with Crippen molar-refractivity contribution in [2.45, 2.75) is 44.0 Å². The van der Waals surface area contributed by atoms with Gasteiger partial charge in [0.25, 0.3) is 5.91 Å². The zero-order valence-electron chi connectivity index (χ0n) is 19.7. The molecule has 1 saturated heterocycles. The molecule has 0 radical (unpaired) electrons. The third-order valence-electron chi connectivity index (χ3n) is 6.64. The van der Waals surface area contributed by atoms with Crippen molar-refractivity contribution in [2.24, 2.45) is 4.99 Å². The first kappa shape index (κ1) is 23.4. The number of anilines is 1. The molecule has 35 heavy (non-hydrogen) atoms. The number of amidine groups is 1. The highest BCUT2D eigenvalue weighted by atomic mass is 32.2. The third-order valence-corrected chi connectivity index (χ3v) is 8.68. The fourth-order valence-electron chi connectivity index (χ4n) is 4.71. The molecule has 1 fully saturated rings. The van der Waals surface area contributed by atoms with Crippen LogP contribution in [0.4, 0.5) is 5.69 Å². The van der Waals surface area contributed by atoms with Crippen LogP contribution in [0.2, 0.25) is 0 Å². The summed E-state index contributed by atoms with van der Waals surface area (Å²) < 4.78 is 28.8. The fraction of sp³-hybridized carbons (Fsp3) is 0.296. The molecule has 180 valence electrons. The van der Waals surface area contributed by atoms with E-state index in [0.29, 0.717) is 47.2 Å². The van der Waals surface area contributed by atoms with Gasteiger partial charge in [-0.05, 0) is 55.2 Å². The summed E-state index contributed by atoms with van der Waals surface area (Å²) in [6.45, 7) is 3.43. The van der Waals surface area contributed by atoms with Gasteiger partial charge in [0.05, 0.1) is 11.4 Å². The summed E-state index contributed by atoms with van der Waals surface area (Å²) >= 11 is 0.